The number of hydrogen-bond donors (Lipinski definition) is 1. The van der Waals surface area contributed by atoms with Crippen LogP contribution in [0.4, 0.5) is 0 Å². The van der Waals surface area contributed by atoms with Crippen molar-refractivity contribution < 1.29 is 9.84 Å². The van der Waals surface area contributed by atoms with Crippen molar-refractivity contribution in [2.24, 2.45) is 0 Å². The summed E-state index contributed by atoms with van der Waals surface area (Å²) in [4.78, 5) is 2.32. The average Bonchev–Trinajstić information content (AvgIpc) is 2.19. The summed E-state index contributed by atoms with van der Waals surface area (Å²) in [6.07, 6.45) is 2.57. The van der Waals surface area contributed by atoms with Crippen LogP contribution < -0.4 is 0 Å². The van der Waals surface area contributed by atoms with Crippen LogP contribution in [0.15, 0.2) is 0 Å². The second-order valence-corrected chi connectivity index (χ2v) is 4.15. The monoisotopic (exact) mass is 217 g/mol. The van der Waals surface area contributed by atoms with Crippen LogP contribution in [0.5, 0.6) is 0 Å². The lowest BCUT2D eigenvalue weighted by atomic mass is 10.1. The largest absolute Gasteiger partial charge is 0.395 e. The number of ether oxygens (including phenoxy) is 1. The van der Waals surface area contributed by atoms with Gasteiger partial charge in [-0.15, -0.1) is 0 Å². The fraction of sp³-hybridized carbons (Fsp3) is 1.00. The zero-order valence-electron chi connectivity index (χ0n) is 10.7. The molecule has 15 heavy (non-hydrogen) atoms. The molecule has 0 atom stereocenters. The standard InChI is InChI=1S/C12H27NO2/c1-5-12(6-2)13(7-9-14)8-10-15-11(3)4/h11-12,14H,5-10H2,1-4H3. The summed E-state index contributed by atoms with van der Waals surface area (Å²) in [5, 5.41) is 9.00. The van der Waals surface area contributed by atoms with Crippen LogP contribution in [-0.4, -0.2) is 48.5 Å². The molecule has 0 rings (SSSR count). The van der Waals surface area contributed by atoms with E-state index in [2.05, 4.69) is 18.7 Å². The Hall–Kier alpha value is -0.120. The average molecular weight is 217 g/mol. The second kappa shape index (κ2) is 9.13. The quantitative estimate of drug-likeness (QED) is 0.640. The van der Waals surface area contributed by atoms with Crippen LogP contribution >= 0.6 is 0 Å². The molecule has 0 aliphatic heterocycles. The molecule has 0 aromatic rings. The maximum Gasteiger partial charge on any atom is 0.0597 e. The molecular formula is C12H27NO2. The number of aliphatic hydroxyl groups excluding tert-OH is 1. The third-order valence-corrected chi connectivity index (χ3v) is 2.68. The summed E-state index contributed by atoms with van der Waals surface area (Å²) in [7, 11) is 0. The van der Waals surface area contributed by atoms with Gasteiger partial charge in [0.25, 0.3) is 0 Å². The van der Waals surface area contributed by atoms with Gasteiger partial charge in [-0.05, 0) is 26.7 Å². The lowest BCUT2D eigenvalue weighted by Crippen LogP contribution is -2.39. The topological polar surface area (TPSA) is 32.7 Å². The Morgan fingerprint density at radius 3 is 2.13 bits per heavy atom. The van der Waals surface area contributed by atoms with Gasteiger partial charge >= 0.3 is 0 Å². The molecule has 0 saturated carbocycles. The summed E-state index contributed by atoms with van der Waals surface area (Å²) in [5.41, 5.74) is 0. The molecule has 1 N–H and O–H groups in total. The van der Waals surface area contributed by atoms with Crippen LogP contribution in [0.2, 0.25) is 0 Å². The molecule has 0 saturated heterocycles. The van der Waals surface area contributed by atoms with E-state index < -0.39 is 0 Å². The molecule has 3 nitrogen and oxygen atoms in total. The molecule has 0 aromatic carbocycles. The maximum absolute atomic E-state index is 9.00. The Bertz CT molecular complexity index is 136. The Morgan fingerprint density at radius 1 is 1.13 bits per heavy atom. The van der Waals surface area contributed by atoms with Gasteiger partial charge in [0.05, 0.1) is 19.3 Å². The zero-order valence-corrected chi connectivity index (χ0v) is 10.7. The van der Waals surface area contributed by atoms with Crippen molar-refractivity contribution in [1.29, 1.82) is 0 Å². The Kier molecular flexibility index (Phi) is 9.06. The van der Waals surface area contributed by atoms with Crippen LogP contribution in [0.3, 0.4) is 0 Å². The first-order chi connectivity index (χ1) is 7.15. The van der Waals surface area contributed by atoms with E-state index in [0.29, 0.717) is 12.1 Å². The van der Waals surface area contributed by atoms with Crippen molar-refractivity contribution in [2.75, 3.05) is 26.3 Å². The molecule has 0 aliphatic carbocycles. The molecule has 3 heteroatoms. The van der Waals surface area contributed by atoms with Gasteiger partial charge in [-0.3, -0.25) is 4.90 Å². The van der Waals surface area contributed by atoms with Crippen LogP contribution in [0.1, 0.15) is 40.5 Å². The Morgan fingerprint density at radius 2 is 1.73 bits per heavy atom. The molecule has 0 heterocycles. The van der Waals surface area contributed by atoms with Crippen molar-refractivity contribution in [3.63, 3.8) is 0 Å². The fourth-order valence-electron chi connectivity index (χ4n) is 1.82. The molecular weight excluding hydrogens is 190 g/mol. The van der Waals surface area contributed by atoms with Gasteiger partial charge in [0.2, 0.25) is 0 Å². The Labute approximate surface area is 94.4 Å². The van der Waals surface area contributed by atoms with E-state index in [-0.39, 0.29) is 6.61 Å². The second-order valence-electron chi connectivity index (χ2n) is 4.15. The smallest absolute Gasteiger partial charge is 0.0597 e. The summed E-state index contributed by atoms with van der Waals surface area (Å²) in [5.74, 6) is 0. The predicted molar refractivity (Wildman–Crippen MR) is 64.1 cm³/mol. The maximum atomic E-state index is 9.00. The molecule has 92 valence electrons. The molecule has 0 radical (unpaired) electrons. The first-order valence-corrected chi connectivity index (χ1v) is 6.12. The van der Waals surface area contributed by atoms with E-state index in [1.807, 2.05) is 13.8 Å². The van der Waals surface area contributed by atoms with Gasteiger partial charge in [-0.1, -0.05) is 13.8 Å². The highest BCUT2D eigenvalue weighted by Crippen LogP contribution is 2.07. The minimum Gasteiger partial charge on any atom is -0.395 e. The highest BCUT2D eigenvalue weighted by molar-refractivity contribution is 4.68. The van der Waals surface area contributed by atoms with Crippen molar-refractivity contribution in [3.05, 3.63) is 0 Å². The SMILES string of the molecule is CCC(CC)N(CCO)CCOC(C)C. The summed E-state index contributed by atoms with van der Waals surface area (Å²) in [6, 6.07) is 0.577. The van der Waals surface area contributed by atoms with Crippen molar-refractivity contribution >= 4 is 0 Å². The van der Waals surface area contributed by atoms with Crippen LogP contribution in [0.25, 0.3) is 0 Å². The van der Waals surface area contributed by atoms with E-state index >= 15 is 0 Å². The highest BCUT2D eigenvalue weighted by Gasteiger charge is 2.13. The normalized spacial score (nSPS) is 12.0. The van der Waals surface area contributed by atoms with Gasteiger partial charge in [0, 0.05) is 19.1 Å². The summed E-state index contributed by atoms with van der Waals surface area (Å²) < 4.78 is 5.53. The van der Waals surface area contributed by atoms with Gasteiger partial charge in [-0.25, -0.2) is 0 Å². The number of rotatable bonds is 9. The van der Waals surface area contributed by atoms with Crippen LogP contribution in [0, 0.1) is 0 Å². The van der Waals surface area contributed by atoms with E-state index in [0.717, 1.165) is 32.5 Å². The minimum absolute atomic E-state index is 0.234. The highest BCUT2D eigenvalue weighted by atomic mass is 16.5. The lowest BCUT2D eigenvalue weighted by molar-refractivity contribution is 0.0421. The van der Waals surface area contributed by atoms with E-state index in [9.17, 15) is 0 Å². The fourth-order valence-corrected chi connectivity index (χ4v) is 1.82. The summed E-state index contributed by atoms with van der Waals surface area (Å²) >= 11 is 0. The number of aliphatic hydroxyl groups is 1. The molecule has 0 aliphatic rings. The number of hydrogen-bond acceptors (Lipinski definition) is 3. The first kappa shape index (κ1) is 14.9. The number of nitrogens with zero attached hydrogens (tertiary/aromatic N) is 1. The molecule has 0 unspecified atom stereocenters. The molecule has 0 aromatic heterocycles. The van der Waals surface area contributed by atoms with Gasteiger partial charge in [0.15, 0.2) is 0 Å². The molecule has 0 spiro atoms. The van der Waals surface area contributed by atoms with Gasteiger partial charge < -0.3 is 9.84 Å². The van der Waals surface area contributed by atoms with E-state index in [1.54, 1.807) is 0 Å². The van der Waals surface area contributed by atoms with Crippen molar-refractivity contribution in [2.45, 2.75) is 52.7 Å². The third kappa shape index (κ3) is 6.88. The minimum atomic E-state index is 0.234. The van der Waals surface area contributed by atoms with Crippen molar-refractivity contribution in [1.82, 2.24) is 4.90 Å². The van der Waals surface area contributed by atoms with E-state index in [1.165, 1.54) is 0 Å². The van der Waals surface area contributed by atoms with Gasteiger partial charge in [0.1, 0.15) is 0 Å². The third-order valence-electron chi connectivity index (χ3n) is 2.68. The lowest BCUT2D eigenvalue weighted by Gasteiger charge is -2.29. The molecule has 0 amide bonds. The predicted octanol–water partition coefficient (Wildman–Crippen LogP) is 1.89. The van der Waals surface area contributed by atoms with E-state index in [4.69, 9.17) is 9.84 Å². The molecule has 0 fully saturated rings. The first-order valence-electron chi connectivity index (χ1n) is 6.12. The Balaban J connectivity index is 3.91. The summed E-state index contributed by atoms with van der Waals surface area (Å²) in [6.45, 7) is 11.2. The van der Waals surface area contributed by atoms with Gasteiger partial charge in [-0.2, -0.15) is 0 Å². The zero-order chi connectivity index (χ0) is 11.7. The van der Waals surface area contributed by atoms with Crippen molar-refractivity contribution in [3.8, 4) is 0 Å². The van der Waals surface area contributed by atoms with Crippen LogP contribution in [-0.2, 0) is 4.74 Å². The molecule has 0 bridgehead atoms.